The summed E-state index contributed by atoms with van der Waals surface area (Å²) in [6.07, 6.45) is 0.331. The number of thioether (sulfide) groups is 1. The molecular weight excluding hydrogens is 358 g/mol. The molecule has 1 aliphatic heterocycles. The lowest BCUT2D eigenvalue weighted by Gasteiger charge is -2.40. The number of hydrogen-bond acceptors (Lipinski definition) is 8. The highest BCUT2D eigenvalue weighted by molar-refractivity contribution is 7.99. The molecule has 2 heterocycles. The van der Waals surface area contributed by atoms with Crippen LogP contribution in [0.2, 0.25) is 0 Å². The molecule has 3 amide bonds. The molecule has 0 radical (unpaired) electrons. The molecule has 0 saturated carbocycles. The lowest BCUT2D eigenvalue weighted by atomic mass is 10.1. The molecule has 10 nitrogen and oxygen atoms in total. The Kier molecular flexibility index (Phi) is 5.26. The van der Waals surface area contributed by atoms with Crippen LogP contribution < -0.4 is 0 Å². The molecule has 1 fully saturated rings. The van der Waals surface area contributed by atoms with Crippen LogP contribution in [0.3, 0.4) is 0 Å². The number of β-lactam (4-membered cyclic amide) rings is 1. The monoisotopic (exact) mass is 375 g/mol. The zero-order valence-electron chi connectivity index (χ0n) is 14.3. The van der Waals surface area contributed by atoms with E-state index >= 15 is 0 Å². The Morgan fingerprint density at radius 1 is 1.38 bits per heavy atom. The van der Waals surface area contributed by atoms with Gasteiger partial charge in [0.1, 0.15) is 5.69 Å². The van der Waals surface area contributed by atoms with Gasteiger partial charge in [0.15, 0.2) is 0 Å². The zero-order valence-corrected chi connectivity index (χ0v) is 15.1. The average molecular weight is 375 g/mol. The van der Waals surface area contributed by atoms with E-state index in [1.54, 1.807) is 43.0 Å². The number of carbonyl (C=O) groups excluding carboxylic acids is 2. The second-order valence-electron chi connectivity index (χ2n) is 5.91. The highest BCUT2D eigenvalue weighted by atomic mass is 32.2. The lowest BCUT2D eigenvalue weighted by molar-refractivity contribution is -0.140. The van der Waals surface area contributed by atoms with E-state index < -0.39 is 0 Å². The van der Waals surface area contributed by atoms with Crippen molar-refractivity contribution in [3.05, 3.63) is 34.7 Å². The summed E-state index contributed by atoms with van der Waals surface area (Å²) < 4.78 is 1.54. The smallest absolute Gasteiger partial charge is 0.323 e. The number of amides is 3. The van der Waals surface area contributed by atoms with Crippen LogP contribution in [-0.2, 0) is 18.4 Å². The first-order valence-corrected chi connectivity index (χ1v) is 8.82. The third-order valence-electron chi connectivity index (χ3n) is 4.02. The van der Waals surface area contributed by atoms with Gasteiger partial charge in [-0.1, -0.05) is 23.9 Å². The lowest BCUT2D eigenvalue weighted by Crippen LogP contribution is -2.59. The van der Waals surface area contributed by atoms with E-state index in [0.29, 0.717) is 29.6 Å². The van der Waals surface area contributed by atoms with E-state index in [9.17, 15) is 14.5 Å². The number of nitrogens with zero attached hydrogens (tertiary/aromatic N) is 7. The van der Waals surface area contributed by atoms with Gasteiger partial charge in [0.25, 0.3) is 0 Å². The number of tetrazole rings is 1. The van der Waals surface area contributed by atoms with E-state index in [0.717, 1.165) is 5.56 Å². The second-order valence-corrected chi connectivity index (χ2v) is 6.90. The fourth-order valence-electron chi connectivity index (χ4n) is 2.58. The van der Waals surface area contributed by atoms with Crippen molar-refractivity contribution >= 4 is 29.4 Å². The quantitative estimate of drug-likeness (QED) is 0.427. The summed E-state index contributed by atoms with van der Waals surface area (Å²) in [5.41, 5.74) is 1.17. The number of urea groups is 1. The van der Waals surface area contributed by atoms with Gasteiger partial charge in [-0.3, -0.25) is 9.69 Å². The van der Waals surface area contributed by atoms with Gasteiger partial charge >= 0.3 is 6.03 Å². The average Bonchev–Trinajstić information content (AvgIpc) is 3.03. The molecule has 0 N–H and O–H groups in total. The first-order valence-electron chi connectivity index (χ1n) is 7.84. The van der Waals surface area contributed by atoms with Gasteiger partial charge in [-0.25, -0.2) is 9.48 Å². The van der Waals surface area contributed by atoms with Crippen LogP contribution in [0, 0.1) is 4.91 Å². The third kappa shape index (κ3) is 3.72. The fraction of sp³-hybridized carbons (Fsp3) is 0.400. The predicted octanol–water partition coefficient (Wildman–Crippen LogP) is 1.55. The Hall–Kier alpha value is -2.82. The highest BCUT2D eigenvalue weighted by Gasteiger charge is 2.42. The largest absolute Gasteiger partial charge is 0.327 e. The number of carbonyl (C=O) groups is 2. The molecule has 1 saturated heterocycles. The maximum Gasteiger partial charge on any atom is 0.327 e. The van der Waals surface area contributed by atoms with Crippen molar-refractivity contribution in [1.82, 2.24) is 30.0 Å². The van der Waals surface area contributed by atoms with Gasteiger partial charge < -0.3 is 4.90 Å². The summed E-state index contributed by atoms with van der Waals surface area (Å²) in [6, 6.07) is 6.11. The summed E-state index contributed by atoms with van der Waals surface area (Å²) in [4.78, 5) is 37.7. The molecule has 1 atom stereocenters. The maximum atomic E-state index is 12.6. The molecular formula is C15H17N7O3S. The van der Waals surface area contributed by atoms with Crippen molar-refractivity contribution in [3.8, 4) is 0 Å². The number of benzene rings is 1. The summed E-state index contributed by atoms with van der Waals surface area (Å²) >= 11 is 1.40. The number of aromatic nitrogens is 4. The van der Waals surface area contributed by atoms with Crippen LogP contribution in [0.25, 0.3) is 0 Å². The number of nitroso groups, excluding NO2 is 1. The summed E-state index contributed by atoms with van der Waals surface area (Å²) in [6.45, 7) is 0.328. The molecule has 0 aliphatic carbocycles. The number of rotatable bonds is 6. The van der Waals surface area contributed by atoms with Crippen LogP contribution in [0.1, 0.15) is 12.0 Å². The van der Waals surface area contributed by atoms with Crippen LogP contribution in [0.15, 0.2) is 34.6 Å². The normalized spacial score (nSPS) is 16.3. The topological polar surface area (TPSA) is 114 Å². The zero-order chi connectivity index (χ0) is 18.7. The molecule has 11 heteroatoms. The molecule has 0 unspecified atom stereocenters. The predicted molar refractivity (Wildman–Crippen MR) is 93.5 cm³/mol. The van der Waals surface area contributed by atoms with E-state index in [1.807, 2.05) is 0 Å². The number of hydrogen-bond donors (Lipinski definition) is 0. The molecule has 0 spiro atoms. The van der Waals surface area contributed by atoms with Crippen molar-refractivity contribution in [3.63, 3.8) is 0 Å². The van der Waals surface area contributed by atoms with Gasteiger partial charge in [-0.2, -0.15) is 0 Å². The van der Waals surface area contributed by atoms with Crippen molar-refractivity contribution in [2.24, 2.45) is 12.2 Å². The molecule has 1 aromatic carbocycles. The minimum absolute atomic E-state index is 0.180. The van der Waals surface area contributed by atoms with Crippen LogP contribution in [-0.4, -0.2) is 60.8 Å². The van der Waals surface area contributed by atoms with Gasteiger partial charge in [0, 0.05) is 32.8 Å². The van der Waals surface area contributed by atoms with Crippen molar-refractivity contribution in [1.29, 1.82) is 0 Å². The van der Waals surface area contributed by atoms with E-state index in [2.05, 4.69) is 20.7 Å². The van der Waals surface area contributed by atoms with Crippen molar-refractivity contribution in [2.45, 2.75) is 24.2 Å². The van der Waals surface area contributed by atoms with E-state index in [-0.39, 0.29) is 18.0 Å². The highest BCUT2D eigenvalue weighted by Crippen LogP contribution is 2.27. The van der Waals surface area contributed by atoms with Crippen LogP contribution >= 0.6 is 11.8 Å². The van der Waals surface area contributed by atoms with E-state index in [1.165, 1.54) is 21.6 Å². The third-order valence-corrected chi connectivity index (χ3v) is 5.18. The standard InChI is InChI=1S/C15H17N7O3S/c1-20(8-10-3-5-11(17-25)6-4-10)15(24)22-12(7-13(22)23)9-26-14-16-18-19-21(14)2/h3-6,12H,7-9H2,1-2H3/t12-/m1/s1. The summed E-state index contributed by atoms with van der Waals surface area (Å²) in [5, 5.41) is 14.7. The molecule has 0 bridgehead atoms. The first kappa shape index (κ1) is 18.0. The Morgan fingerprint density at radius 2 is 2.12 bits per heavy atom. The van der Waals surface area contributed by atoms with Crippen LogP contribution in [0.5, 0.6) is 0 Å². The SMILES string of the molecule is CN(Cc1ccc(N=O)cc1)C(=O)N1C(=O)C[C@@H]1CSc1nnnn1C. The number of aryl methyl sites for hydroxylation is 1. The van der Waals surface area contributed by atoms with Gasteiger partial charge in [-0.05, 0) is 33.3 Å². The maximum absolute atomic E-state index is 12.6. The number of likely N-dealkylation sites (tertiary alicyclic amines) is 1. The Balaban J connectivity index is 1.58. The van der Waals surface area contributed by atoms with Gasteiger partial charge in [0.05, 0.1) is 6.04 Å². The van der Waals surface area contributed by atoms with Crippen molar-refractivity contribution in [2.75, 3.05) is 12.8 Å². The van der Waals surface area contributed by atoms with E-state index in [4.69, 9.17) is 0 Å². The first-order chi connectivity index (χ1) is 12.5. The minimum Gasteiger partial charge on any atom is -0.323 e. The Morgan fingerprint density at radius 3 is 2.69 bits per heavy atom. The summed E-state index contributed by atoms with van der Waals surface area (Å²) in [5.74, 6) is 0.350. The molecule has 2 aromatic rings. The van der Waals surface area contributed by atoms with Gasteiger partial charge in [-0.15, -0.1) is 10.0 Å². The Labute approximate surface area is 153 Å². The Bertz CT molecular complexity index is 823. The van der Waals surface area contributed by atoms with Crippen LogP contribution in [0.4, 0.5) is 10.5 Å². The molecule has 3 rings (SSSR count). The second kappa shape index (κ2) is 7.60. The molecule has 136 valence electrons. The molecule has 1 aliphatic rings. The van der Waals surface area contributed by atoms with Crippen molar-refractivity contribution < 1.29 is 9.59 Å². The number of imide groups is 1. The van der Waals surface area contributed by atoms with Gasteiger partial charge in [0.2, 0.25) is 11.1 Å². The fourth-order valence-corrected chi connectivity index (χ4v) is 3.51. The minimum atomic E-state index is -0.347. The molecule has 1 aromatic heterocycles. The summed E-state index contributed by atoms with van der Waals surface area (Å²) in [7, 11) is 3.37. The molecule has 26 heavy (non-hydrogen) atoms.